The van der Waals surface area contributed by atoms with Gasteiger partial charge in [-0.15, -0.1) is 13.2 Å². The number of hydrogen-bond donors (Lipinski definition) is 0. The number of benzene rings is 1. The van der Waals surface area contributed by atoms with Gasteiger partial charge in [-0.05, 0) is 96.0 Å². The Labute approximate surface area is 223 Å². The quantitative estimate of drug-likeness (QED) is 0.154. The standard InChI is InChI=1S/C31H50O3Si2/c1-11-14-15-16-24-21-26-29(27(22-24)33-35(7,8)17-12-2)25-19-23(4)20-28(30(25)31(5,6)32-26)34-36(9,10)18-13-3/h12-13,20-22,25,28,30H,2-3,11,14-19H2,1,4-10H3/t25-,28?,30-/m0/s1. The van der Waals surface area contributed by atoms with E-state index >= 15 is 0 Å². The minimum absolute atomic E-state index is 0.0315. The van der Waals surface area contributed by atoms with E-state index in [1.54, 1.807) is 0 Å². The molecule has 2 aliphatic rings. The summed E-state index contributed by atoms with van der Waals surface area (Å²) in [5.41, 5.74) is 3.64. The molecule has 1 aromatic carbocycles. The Hall–Kier alpha value is -1.57. The smallest absolute Gasteiger partial charge is 0.248 e. The second kappa shape index (κ2) is 11.4. The zero-order chi connectivity index (χ0) is 26.7. The normalized spacial score (nSPS) is 23.1. The second-order valence-corrected chi connectivity index (χ2v) is 21.0. The summed E-state index contributed by atoms with van der Waals surface area (Å²) in [4.78, 5) is 0. The van der Waals surface area contributed by atoms with Crippen LogP contribution >= 0.6 is 0 Å². The Morgan fingerprint density at radius 2 is 1.72 bits per heavy atom. The fourth-order valence-electron chi connectivity index (χ4n) is 6.14. The monoisotopic (exact) mass is 526 g/mol. The van der Waals surface area contributed by atoms with Crippen LogP contribution < -0.4 is 9.16 Å². The van der Waals surface area contributed by atoms with Gasteiger partial charge in [-0.3, -0.25) is 0 Å². The van der Waals surface area contributed by atoms with E-state index in [0.29, 0.717) is 5.92 Å². The Balaban J connectivity index is 2.11. The molecule has 0 spiro atoms. The zero-order valence-corrected chi connectivity index (χ0v) is 26.2. The van der Waals surface area contributed by atoms with E-state index in [2.05, 4.69) is 85.2 Å². The number of unbranched alkanes of at least 4 members (excludes halogenated alkanes) is 2. The third-order valence-electron chi connectivity index (χ3n) is 7.67. The molecule has 0 saturated carbocycles. The van der Waals surface area contributed by atoms with Gasteiger partial charge >= 0.3 is 0 Å². The van der Waals surface area contributed by atoms with E-state index in [-0.39, 0.29) is 17.6 Å². The first kappa shape index (κ1) is 29.0. The SMILES string of the molecule is C=CC[Si](C)(C)Oc1cc(CCCCC)cc2c1[C@@H]1CC(C)=CC(O[Si](C)(C)CC=C)[C@H]1C(C)(C)O2. The van der Waals surface area contributed by atoms with E-state index in [9.17, 15) is 0 Å². The lowest BCUT2D eigenvalue weighted by Crippen LogP contribution is -2.54. The van der Waals surface area contributed by atoms with Crippen LogP contribution in [0.4, 0.5) is 0 Å². The highest BCUT2D eigenvalue weighted by Gasteiger charge is 2.51. The minimum atomic E-state index is -1.96. The van der Waals surface area contributed by atoms with Crippen molar-refractivity contribution < 1.29 is 13.6 Å². The molecule has 0 amide bonds. The predicted octanol–water partition coefficient (Wildman–Crippen LogP) is 9.19. The largest absolute Gasteiger partial charge is 0.543 e. The van der Waals surface area contributed by atoms with Gasteiger partial charge in [0.15, 0.2) is 8.32 Å². The number of hydrogen-bond acceptors (Lipinski definition) is 3. The summed E-state index contributed by atoms with van der Waals surface area (Å²) in [5, 5.41) is 0. The van der Waals surface area contributed by atoms with E-state index in [0.717, 1.165) is 36.4 Å². The summed E-state index contributed by atoms with van der Waals surface area (Å²) >= 11 is 0. The zero-order valence-electron chi connectivity index (χ0n) is 24.2. The van der Waals surface area contributed by atoms with Gasteiger partial charge in [0.2, 0.25) is 8.32 Å². The molecule has 3 rings (SSSR count). The van der Waals surface area contributed by atoms with Crippen molar-refractivity contribution in [3.05, 3.63) is 60.2 Å². The molecule has 3 nitrogen and oxygen atoms in total. The highest BCUT2D eigenvalue weighted by molar-refractivity contribution is 6.72. The number of aryl methyl sites for hydroxylation is 1. The lowest BCUT2D eigenvalue weighted by molar-refractivity contribution is -0.0402. The molecule has 0 fully saturated rings. The Morgan fingerprint density at radius 3 is 2.36 bits per heavy atom. The first-order valence-corrected chi connectivity index (χ1v) is 20.2. The molecule has 1 aromatic rings. The van der Waals surface area contributed by atoms with Crippen LogP contribution in [0, 0.1) is 5.92 Å². The van der Waals surface area contributed by atoms with Crippen molar-refractivity contribution in [3.63, 3.8) is 0 Å². The Bertz CT molecular complexity index is 976. The molecule has 3 atom stereocenters. The molecular weight excluding hydrogens is 477 g/mol. The van der Waals surface area contributed by atoms with Crippen LogP contribution in [0.2, 0.25) is 38.3 Å². The van der Waals surface area contributed by atoms with Crippen molar-refractivity contribution in [2.75, 3.05) is 0 Å². The van der Waals surface area contributed by atoms with Crippen LogP contribution in [-0.2, 0) is 10.8 Å². The van der Waals surface area contributed by atoms with Crippen molar-refractivity contribution in [2.24, 2.45) is 5.92 Å². The topological polar surface area (TPSA) is 27.7 Å². The maximum Gasteiger partial charge on any atom is 0.248 e. The van der Waals surface area contributed by atoms with Crippen molar-refractivity contribution in [3.8, 4) is 11.5 Å². The third kappa shape index (κ3) is 6.84. The van der Waals surface area contributed by atoms with Gasteiger partial charge < -0.3 is 13.6 Å². The molecule has 0 aromatic heterocycles. The van der Waals surface area contributed by atoms with Crippen LogP contribution in [0.15, 0.2) is 49.1 Å². The fraction of sp³-hybridized carbons (Fsp3) is 0.613. The number of rotatable bonds is 12. The van der Waals surface area contributed by atoms with Gasteiger partial charge in [-0.2, -0.15) is 0 Å². The van der Waals surface area contributed by atoms with E-state index in [1.165, 1.54) is 36.0 Å². The highest BCUT2D eigenvalue weighted by atomic mass is 28.4. The van der Waals surface area contributed by atoms with Crippen LogP contribution in [0.5, 0.6) is 11.5 Å². The van der Waals surface area contributed by atoms with Crippen LogP contribution in [0.3, 0.4) is 0 Å². The summed E-state index contributed by atoms with van der Waals surface area (Å²) in [7, 11) is -3.86. The maximum atomic E-state index is 6.94. The minimum Gasteiger partial charge on any atom is -0.543 e. The van der Waals surface area contributed by atoms with Gasteiger partial charge in [-0.1, -0.05) is 43.6 Å². The molecule has 0 bridgehead atoms. The van der Waals surface area contributed by atoms with Crippen LogP contribution in [-0.4, -0.2) is 28.3 Å². The molecule has 1 heterocycles. The highest BCUT2D eigenvalue weighted by Crippen LogP contribution is 2.55. The number of ether oxygens (including phenoxy) is 1. The summed E-state index contributed by atoms with van der Waals surface area (Å²) < 4.78 is 20.8. The van der Waals surface area contributed by atoms with E-state index in [4.69, 9.17) is 13.6 Å². The van der Waals surface area contributed by atoms with Crippen molar-refractivity contribution >= 4 is 16.6 Å². The predicted molar refractivity (Wildman–Crippen MR) is 159 cm³/mol. The summed E-state index contributed by atoms with van der Waals surface area (Å²) in [5.74, 6) is 2.59. The molecule has 5 heteroatoms. The average Bonchev–Trinajstić information content (AvgIpc) is 2.71. The molecule has 0 saturated heterocycles. The lowest BCUT2D eigenvalue weighted by atomic mass is 9.66. The van der Waals surface area contributed by atoms with Gasteiger partial charge in [0.25, 0.3) is 0 Å². The van der Waals surface area contributed by atoms with Crippen LogP contribution in [0.25, 0.3) is 0 Å². The van der Waals surface area contributed by atoms with Gasteiger partial charge in [0, 0.05) is 17.4 Å². The van der Waals surface area contributed by atoms with Crippen molar-refractivity contribution in [1.29, 1.82) is 0 Å². The Kier molecular flexibility index (Phi) is 9.22. The third-order valence-corrected chi connectivity index (χ3v) is 11.9. The summed E-state index contributed by atoms with van der Waals surface area (Å²) in [6, 6.07) is 6.50. The maximum absolute atomic E-state index is 6.94. The molecule has 0 N–H and O–H groups in total. The fourth-order valence-corrected chi connectivity index (χ4v) is 9.43. The molecule has 1 unspecified atom stereocenters. The molecule has 36 heavy (non-hydrogen) atoms. The number of allylic oxidation sites excluding steroid dienone is 3. The van der Waals surface area contributed by atoms with Crippen molar-refractivity contribution in [1.82, 2.24) is 0 Å². The number of fused-ring (bicyclic) bond motifs is 3. The van der Waals surface area contributed by atoms with E-state index in [1.807, 2.05) is 12.2 Å². The summed E-state index contributed by atoms with van der Waals surface area (Å²) in [6.45, 7) is 26.2. The first-order valence-electron chi connectivity index (χ1n) is 13.9. The lowest BCUT2D eigenvalue weighted by Gasteiger charge is -2.51. The second-order valence-electron chi connectivity index (χ2n) is 12.7. The average molecular weight is 527 g/mol. The first-order chi connectivity index (χ1) is 16.8. The molecule has 1 aliphatic carbocycles. The molecule has 0 radical (unpaired) electrons. The van der Waals surface area contributed by atoms with Gasteiger partial charge in [-0.25, -0.2) is 0 Å². The van der Waals surface area contributed by atoms with Gasteiger partial charge in [0.1, 0.15) is 17.1 Å². The van der Waals surface area contributed by atoms with Gasteiger partial charge in [0.05, 0.1) is 6.10 Å². The Morgan fingerprint density at radius 1 is 1.06 bits per heavy atom. The summed E-state index contributed by atoms with van der Waals surface area (Å²) in [6.07, 6.45) is 12.2. The van der Waals surface area contributed by atoms with Crippen LogP contribution in [0.1, 0.15) is 70.4 Å². The van der Waals surface area contributed by atoms with Crippen molar-refractivity contribution in [2.45, 2.75) is 116 Å². The molecule has 200 valence electrons. The molecular formula is C31H50O3Si2. The van der Waals surface area contributed by atoms with E-state index < -0.39 is 16.6 Å². The molecule has 1 aliphatic heterocycles.